The van der Waals surface area contributed by atoms with Gasteiger partial charge in [-0.15, -0.1) is 0 Å². The highest BCUT2D eigenvalue weighted by atomic mass is 19.1. The van der Waals surface area contributed by atoms with Gasteiger partial charge >= 0.3 is 0 Å². The van der Waals surface area contributed by atoms with Crippen LogP contribution >= 0.6 is 0 Å². The van der Waals surface area contributed by atoms with E-state index in [1.807, 2.05) is 0 Å². The highest BCUT2D eigenvalue weighted by Crippen LogP contribution is 2.34. The highest BCUT2D eigenvalue weighted by Gasteiger charge is 2.38. The lowest BCUT2D eigenvalue weighted by atomic mass is 9.79. The van der Waals surface area contributed by atoms with E-state index in [4.69, 9.17) is 0 Å². The molecule has 9 heteroatoms. The zero-order chi connectivity index (χ0) is 22.9. The topological polar surface area (TPSA) is 76.7 Å². The van der Waals surface area contributed by atoms with E-state index in [2.05, 4.69) is 34.7 Å². The van der Waals surface area contributed by atoms with Crippen LogP contribution in [0.4, 0.5) is 20.2 Å². The van der Waals surface area contributed by atoms with Gasteiger partial charge in [0.15, 0.2) is 11.6 Å². The minimum atomic E-state index is -0.682. The van der Waals surface area contributed by atoms with Gasteiger partial charge in [-0.2, -0.15) is 0 Å². The fourth-order valence-electron chi connectivity index (χ4n) is 5.28. The number of benzene rings is 1. The lowest BCUT2D eigenvalue weighted by molar-refractivity contribution is -0.133. The minimum Gasteiger partial charge on any atom is -0.373 e. The Morgan fingerprint density at radius 2 is 1.62 bits per heavy atom. The molecule has 0 aromatic heterocycles. The second kappa shape index (κ2) is 9.31. The van der Waals surface area contributed by atoms with Crippen molar-refractivity contribution in [1.82, 2.24) is 15.5 Å². The van der Waals surface area contributed by atoms with Gasteiger partial charge in [0.1, 0.15) is 11.7 Å². The number of carbonyl (C=O) groups excluding carboxylic acids is 2. The summed E-state index contributed by atoms with van der Waals surface area (Å²) in [5, 5.41) is 8.50. The van der Waals surface area contributed by atoms with Crippen LogP contribution in [0.1, 0.15) is 39.5 Å². The van der Waals surface area contributed by atoms with Crippen molar-refractivity contribution in [2.75, 3.05) is 49.5 Å². The van der Waals surface area contributed by atoms with Crippen LogP contribution in [0.5, 0.6) is 0 Å². The summed E-state index contributed by atoms with van der Waals surface area (Å²) in [6, 6.07) is 1.78. The van der Waals surface area contributed by atoms with Gasteiger partial charge in [0.05, 0.1) is 0 Å². The van der Waals surface area contributed by atoms with E-state index in [-0.39, 0.29) is 29.2 Å². The van der Waals surface area contributed by atoms with E-state index in [1.165, 1.54) is 12.1 Å². The number of carbonyl (C=O) groups is 2. The Balaban J connectivity index is 1.40. The zero-order valence-electron chi connectivity index (χ0n) is 18.8. The summed E-state index contributed by atoms with van der Waals surface area (Å²) in [5.41, 5.74) is 0.239. The Hall–Kier alpha value is -2.26. The molecule has 32 heavy (non-hydrogen) atoms. The largest absolute Gasteiger partial charge is 0.373 e. The number of piperazine rings is 1. The smallest absolute Gasteiger partial charge is 0.249 e. The van der Waals surface area contributed by atoms with Crippen molar-refractivity contribution in [3.8, 4) is 0 Å². The zero-order valence-corrected chi connectivity index (χ0v) is 18.8. The number of rotatable bonds is 5. The van der Waals surface area contributed by atoms with Crippen molar-refractivity contribution in [3.63, 3.8) is 0 Å². The Kier molecular flexibility index (Phi) is 6.67. The maximum atomic E-state index is 14.9. The van der Waals surface area contributed by atoms with Crippen LogP contribution in [0, 0.1) is 17.6 Å². The summed E-state index contributed by atoms with van der Waals surface area (Å²) in [7, 11) is 0. The molecule has 3 fully saturated rings. The Labute approximate surface area is 187 Å². The fourth-order valence-corrected chi connectivity index (χ4v) is 5.28. The molecule has 1 aromatic carbocycles. The summed E-state index contributed by atoms with van der Waals surface area (Å²) in [5.74, 6) is -1.49. The summed E-state index contributed by atoms with van der Waals surface area (Å²) in [6.07, 6.45) is 2.80. The first-order valence-corrected chi connectivity index (χ1v) is 11.6. The van der Waals surface area contributed by atoms with Crippen LogP contribution in [0.25, 0.3) is 0 Å². The molecule has 3 aliphatic rings. The summed E-state index contributed by atoms with van der Waals surface area (Å²) >= 11 is 0. The molecule has 176 valence electrons. The maximum absolute atomic E-state index is 14.9. The normalized spacial score (nSPS) is 23.9. The molecule has 1 atom stereocenters. The van der Waals surface area contributed by atoms with E-state index in [1.54, 1.807) is 4.90 Å². The Bertz CT molecular complexity index is 841. The summed E-state index contributed by atoms with van der Waals surface area (Å²) < 4.78 is 29.9. The van der Waals surface area contributed by atoms with Crippen LogP contribution in [0.15, 0.2) is 12.1 Å². The van der Waals surface area contributed by atoms with Gasteiger partial charge in [0, 0.05) is 43.8 Å². The van der Waals surface area contributed by atoms with E-state index < -0.39 is 23.6 Å². The third kappa shape index (κ3) is 4.73. The van der Waals surface area contributed by atoms with Crippen molar-refractivity contribution >= 4 is 23.2 Å². The van der Waals surface area contributed by atoms with Crippen molar-refractivity contribution in [2.45, 2.75) is 51.1 Å². The predicted molar refractivity (Wildman–Crippen MR) is 120 cm³/mol. The molecule has 0 bridgehead atoms. The van der Waals surface area contributed by atoms with Crippen molar-refractivity contribution in [3.05, 3.63) is 23.8 Å². The molecule has 7 nitrogen and oxygen atoms in total. The average molecular weight is 450 g/mol. The quantitative estimate of drug-likeness (QED) is 0.598. The van der Waals surface area contributed by atoms with Crippen molar-refractivity contribution < 1.29 is 18.4 Å². The fraction of sp³-hybridized carbons (Fsp3) is 0.652. The Morgan fingerprint density at radius 3 is 2.22 bits per heavy atom. The molecular weight excluding hydrogens is 416 g/mol. The molecule has 3 N–H and O–H groups in total. The number of imide groups is 1. The van der Waals surface area contributed by atoms with Crippen LogP contribution in [-0.4, -0.2) is 67.6 Å². The number of hydrogen-bond donors (Lipinski definition) is 3. The second-order valence-electron chi connectivity index (χ2n) is 9.59. The molecule has 0 aliphatic carbocycles. The first-order valence-electron chi connectivity index (χ1n) is 11.6. The minimum absolute atomic E-state index is 0.0156. The number of amides is 2. The molecular formula is C23H33F2N5O2. The van der Waals surface area contributed by atoms with E-state index in [9.17, 15) is 18.4 Å². The molecule has 2 amide bonds. The first-order chi connectivity index (χ1) is 15.3. The van der Waals surface area contributed by atoms with E-state index >= 15 is 0 Å². The van der Waals surface area contributed by atoms with Gasteiger partial charge < -0.3 is 15.5 Å². The van der Waals surface area contributed by atoms with Gasteiger partial charge in [0.2, 0.25) is 11.8 Å². The van der Waals surface area contributed by atoms with Crippen molar-refractivity contribution in [2.24, 2.45) is 5.92 Å². The maximum Gasteiger partial charge on any atom is 0.249 e. The van der Waals surface area contributed by atoms with Crippen LogP contribution < -0.4 is 20.9 Å². The standard InChI is InChI=1S/C23H33F2N5O2/c1-23(2,15-5-7-26-8-6-15)30-11-9-29(10-12-30)21-17(24)13-16(14-18(21)25)27-19-3-4-20(31)28-22(19)32/h13-15,19,26-27H,3-12H2,1-2H3,(H,28,31,32). The van der Waals surface area contributed by atoms with Crippen LogP contribution in [0.2, 0.25) is 0 Å². The number of halogens is 2. The SMILES string of the molecule is CC(C)(C1CCNCC1)N1CCN(c2c(F)cc(NC3CCC(=O)NC3=O)cc2F)CC1. The number of piperidine rings is 2. The number of nitrogens with one attached hydrogen (secondary N) is 3. The molecule has 1 aromatic rings. The molecule has 0 saturated carbocycles. The molecule has 3 saturated heterocycles. The third-order valence-corrected chi connectivity index (χ3v) is 7.35. The molecule has 3 aliphatic heterocycles. The van der Waals surface area contributed by atoms with Gasteiger partial charge in [-0.1, -0.05) is 0 Å². The van der Waals surface area contributed by atoms with Gasteiger partial charge in [-0.3, -0.25) is 19.8 Å². The van der Waals surface area contributed by atoms with Gasteiger partial charge in [-0.25, -0.2) is 8.78 Å². The molecule has 4 rings (SSSR count). The van der Waals surface area contributed by atoms with E-state index in [0.29, 0.717) is 25.4 Å². The van der Waals surface area contributed by atoms with Crippen LogP contribution in [-0.2, 0) is 9.59 Å². The Morgan fingerprint density at radius 1 is 1.00 bits per heavy atom. The van der Waals surface area contributed by atoms with Gasteiger partial charge in [0.25, 0.3) is 0 Å². The third-order valence-electron chi connectivity index (χ3n) is 7.35. The predicted octanol–water partition coefficient (Wildman–Crippen LogP) is 2.08. The lowest BCUT2D eigenvalue weighted by Crippen LogP contribution is -2.59. The van der Waals surface area contributed by atoms with Gasteiger partial charge in [-0.05, 0) is 64.3 Å². The first kappa shape index (κ1) is 22.9. The highest BCUT2D eigenvalue weighted by molar-refractivity contribution is 6.01. The number of anilines is 2. The molecule has 0 spiro atoms. The number of nitrogens with zero attached hydrogens (tertiary/aromatic N) is 2. The molecule has 0 radical (unpaired) electrons. The lowest BCUT2D eigenvalue weighted by Gasteiger charge is -2.49. The molecule has 1 unspecified atom stereocenters. The average Bonchev–Trinajstić information content (AvgIpc) is 2.76. The van der Waals surface area contributed by atoms with Crippen molar-refractivity contribution in [1.29, 1.82) is 0 Å². The summed E-state index contributed by atoms with van der Waals surface area (Å²) in [6.45, 7) is 9.29. The molecule has 3 heterocycles. The second-order valence-corrected chi connectivity index (χ2v) is 9.59. The summed E-state index contributed by atoms with van der Waals surface area (Å²) in [4.78, 5) is 27.4. The van der Waals surface area contributed by atoms with Crippen LogP contribution in [0.3, 0.4) is 0 Å². The number of hydrogen-bond acceptors (Lipinski definition) is 6. The monoisotopic (exact) mass is 449 g/mol. The van der Waals surface area contributed by atoms with E-state index in [0.717, 1.165) is 39.0 Å².